The van der Waals surface area contributed by atoms with E-state index < -0.39 is 0 Å². The Bertz CT molecular complexity index is 3060. The summed E-state index contributed by atoms with van der Waals surface area (Å²) in [7, 11) is 0. The minimum absolute atomic E-state index is 0.801. The van der Waals surface area contributed by atoms with Crippen LogP contribution in [-0.2, 0) is 0 Å². The van der Waals surface area contributed by atoms with E-state index in [1.54, 1.807) is 0 Å². The fraction of sp³-hybridized carbons (Fsp3) is 0. The Balaban J connectivity index is 1.06. The summed E-state index contributed by atoms with van der Waals surface area (Å²) in [6.07, 6.45) is 3.91. The van der Waals surface area contributed by atoms with Crippen LogP contribution < -0.4 is 0 Å². The highest BCUT2D eigenvalue weighted by molar-refractivity contribution is 6.12. The van der Waals surface area contributed by atoms with Gasteiger partial charge in [-0.25, -0.2) is 4.98 Å². The summed E-state index contributed by atoms with van der Waals surface area (Å²) < 4.78 is 13.1. The summed E-state index contributed by atoms with van der Waals surface area (Å²) in [6.45, 7) is 0. The second kappa shape index (κ2) is 10.3. The Morgan fingerprint density at radius 1 is 0.420 bits per heavy atom. The quantitative estimate of drug-likeness (QED) is 0.192. The zero-order valence-electron chi connectivity index (χ0n) is 26.9. The first-order valence-electron chi connectivity index (χ1n) is 16.9. The zero-order valence-corrected chi connectivity index (χ0v) is 26.9. The maximum absolute atomic E-state index is 6.27. The molecule has 11 aromatic rings. The Hall–Kier alpha value is -6.85. The van der Waals surface area contributed by atoms with Gasteiger partial charge in [-0.15, -0.1) is 0 Å². The molecule has 0 aliphatic rings. The molecule has 0 saturated carbocycles. The molecule has 0 aliphatic heterocycles. The van der Waals surface area contributed by atoms with E-state index in [0.29, 0.717) is 0 Å². The predicted octanol–water partition coefficient (Wildman–Crippen LogP) is 11.6. The van der Waals surface area contributed by atoms with Crippen molar-refractivity contribution in [3.05, 3.63) is 170 Å². The average Bonchev–Trinajstić information content (AvgIpc) is 3.93. The van der Waals surface area contributed by atoms with E-state index in [0.717, 1.165) is 50.4 Å². The van der Waals surface area contributed by atoms with Gasteiger partial charge in [-0.05, 0) is 83.9 Å². The first-order valence-corrected chi connectivity index (χ1v) is 16.9. The summed E-state index contributed by atoms with van der Waals surface area (Å²) in [5.41, 5.74) is 10.9. The number of furan rings is 1. The molecule has 0 bridgehead atoms. The van der Waals surface area contributed by atoms with Gasteiger partial charge >= 0.3 is 0 Å². The molecule has 50 heavy (non-hydrogen) atoms. The highest BCUT2D eigenvalue weighted by atomic mass is 16.3. The molecule has 0 N–H and O–H groups in total. The molecule has 5 aromatic heterocycles. The van der Waals surface area contributed by atoms with E-state index in [1.807, 2.05) is 35.2 Å². The van der Waals surface area contributed by atoms with Crippen LogP contribution in [0.4, 0.5) is 0 Å². The van der Waals surface area contributed by atoms with Crippen molar-refractivity contribution in [2.75, 3.05) is 0 Å². The molecular weight excluding hydrogens is 613 g/mol. The van der Waals surface area contributed by atoms with Crippen molar-refractivity contribution in [3.63, 3.8) is 0 Å². The predicted molar refractivity (Wildman–Crippen MR) is 205 cm³/mol. The van der Waals surface area contributed by atoms with Crippen LogP contribution in [0.2, 0.25) is 0 Å². The lowest BCUT2D eigenvalue weighted by molar-refractivity contribution is 0.641. The van der Waals surface area contributed by atoms with Crippen LogP contribution in [-0.4, -0.2) is 18.7 Å². The van der Waals surface area contributed by atoms with Gasteiger partial charge < -0.3 is 13.6 Å². The maximum Gasteiger partial charge on any atom is 0.213 e. The lowest BCUT2D eigenvalue weighted by atomic mass is 10.1. The highest BCUT2D eigenvalue weighted by Gasteiger charge is 2.17. The Labute approximate surface area is 286 Å². The minimum Gasteiger partial charge on any atom is -0.439 e. The number of pyridine rings is 1. The third-order valence-electron chi connectivity index (χ3n) is 10.1. The van der Waals surface area contributed by atoms with Crippen molar-refractivity contribution in [2.24, 2.45) is 0 Å². The Morgan fingerprint density at radius 2 is 1.02 bits per heavy atom. The molecule has 0 unspecified atom stereocenters. The molecule has 0 radical (unpaired) electrons. The number of aromatic nitrogens is 4. The number of hydrogen-bond acceptors (Lipinski definition) is 2. The fourth-order valence-corrected chi connectivity index (χ4v) is 7.92. The molecule has 0 atom stereocenters. The number of hydrogen-bond donors (Lipinski definition) is 0. The number of nitrogens with zero attached hydrogens (tertiary/aromatic N) is 4. The summed E-state index contributed by atoms with van der Waals surface area (Å²) in [5.74, 6) is 0.816. The molecule has 0 fully saturated rings. The standard InChI is InChI=1S/C45H28N4O/c1-5-16-39-33(12-1)34-13-2-6-17-40(34)49(39)32-20-21-42-38(28-32)35-14-3-7-18-41(35)48(42)31-11-9-10-29(26-31)30-22-24-46-44(27-30)47-25-23-37-36-15-4-8-19-43(36)50-45(37)47/h1-28H. The average molecular weight is 641 g/mol. The monoisotopic (exact) mass is 640 g/mol. The first-order chi connectivity index (χ1) is 24.8. The van der Waals surface area contributed by atoms with Gasteiger partial charge in [-0.3, -0.25) is 4.57 Å². The third kappa shape index (κ3) is 3.86. The number of fused-ring (bicyclic) bond motifs is 9. The van der Waals surface area contributed by atoms with Crippen molar-refractivity contribution in [2.45, 2.75) is 0 Å². The normalized spacial score (nSPS) is 12.0. The fourth-order valence-electron chi connectivity index (χ4n) is 7.92. The SMILES string of the molecule is c1cc(-c2ccnc(-n3ccc4c5ccccc5oc43)c2)cc(-n2c3ccccc3c3cc(-n4c5ccccc5c5ccccc54)ccc32)c1. The van der Waals surface area contributed by atoms with Crippen molar-refractivity contribution >= 4 is 65.7 Å². The lowest BCUT2D eigenvalue weighted by Crippen LogP contribution is -1.97. The van der Waals surface area contributed by atoms with Gasteiger partial charge in [-0.2, -0.15) is 0 Å². The molecule has 5 heteroatoms. The first kappa shape index (κ1) is 27.1. The van der Waals surface area contributed by atoms with E-state index >= 15 is 0 Å². The highest BCUT2D eigenvalue weighted by Crippen LogP contribution is 2.38. The Kier molecular flexibility index (Phi) is 5.60. The van der Waals surface area contributed by atoms with Gasteiger partial charge in [0.15, 0.2) is 0 Å². The van der Waals surface area contributed by atoms with Crippen LogP contribution in [0.15, 0.2) is 175 Å². The second-order valence-electron chi connectivity index (χ2n) is 12.9. The van der Waals surface area contributed by atoms with Gasteiger partial charge in [0, 0.05) is 56.1 Å². The molecule has 0 saturated heterocycles. The summed E-state index contributed by atoms with van der Waals surface area (Å²) in [4.78, 5) is 4.74. The number of rotatable bonds is 4. The van der Waals surface area contributed by atoms with Crippen LogP contribution >= 0.6 is 0 Å². The van der Waals surface area contributed by atoms with Gasteiger partial charge in [0.2, 0.25) is 5.71 Å². The van der Waals surface area contributed by atoms with Gasteiger partial charge in [-0.1, -0.05) is 84.9 Å². The molecular formula is C45H28N4O. The van der Waals surface area contributed by atoms with E-state index in [9.17, 15) is 0 Å². The molecule has 0 spiro atoms. The number of benzene rings is 6. The number of para-hydroxylation sites is 4. The van der Waals surface area contributed by atoms with E-state index in [4.69, 9.17) is 9.40 Å². The van der Waals surface area contributed by atoms with E-state index in [1.165, 1.54) is 43.6 Å². The Morgan fingerprint density at radius 3 is 1.76 bits per heavy atom. The molecule has 11 rings (SSSR count). The van der Waals surface area contributed by atoms with Crippen LogP contribution in [0.5, 0.6) is 0 Å². The molecule has 5 heterocycles. The van der Waals surface area contributed by atoms with Crippen LogP contribution in [0.1, 0.15) is 0 Å². The van der Waals surface area contributed by atoms with Crippen molar-refractivity contribution < 1.29 is 4.42 Å². The van der Waals surface area contributed by atoms with Gasteiger partial charge in [0.1, 0.15) is 11.4 Å². The second-order valence-corrected chi connectivity index (χ2v) is 12.9. The van der Waals surface area contributed by atoms with Crippen molar-refractivity contribution in [3.8, 4) is 28.3 Å². The van der Waals surface area contributed by atoms with Crippen LogP contribution in [0, 0.1) is 0 Å². The molecule has 0 amide bonds. The van der Waals surface area contributed by atoms with E-state index in [2.05, 4.69) is 149 Å². The molecule has 5 nitrogen and oxygen atoms in total. The largest absolute Gasteiger partial charge is 0.439 e. The van der Waals surface area contributed by atoms with E-state index in [-0.39, 0.29) is 0 Å². The summed E-state index contributed by atoms with van der Waals surface area (Å²) in [6, 6.07) is 56.2. The third-order valence-corrected chi connectivity index (χ3v) is 10.1. The maximum atomic E-state index is 6.27. The van der Waals surface area contributed by atoms with Gasteiger partial charge in [0.25, 0.3) is 0 Å². The van der Waals surface area contributed by atoms with Crippen LogP contribution in [0.25, 0.3) is 94.0 Å². The zero-order chi connectivity index (χ0) is 32.8. The smallest absolute Gasteiger partial charge is 0.213 e. The minimum atomic E-state index is 0.801. The molecule has 234 valence electrons. The van der Waals surface area contributed by atoms with Crippen molar-refractivity contribution in [1.29, 1.82) is 0 Å². The molecule has 6 aromatic carbocycles. The van der Waals surface area contributed by atoms with Crippen molar-refractivity contribution in [1.82, 2.24) is 18.7 Å². The lowest BCUT2D eigenvalue weighted by Gasteiger charge is -2.12. The van der Waals surface area contributed by atoms with Gasteiger partial charge in [0.05, 0.1) is 22.1 Å². The summed E-state index contributed by atoms with van der Waals surface area (Å²) in [5, 5.41) is 7.17. The summed E-state index contributed by atoms with van der Waals surface area (Å²) >= 11 is 0. The van der Waals surface area contributed by atoms with Crippen LogP contribution in [0.3, 0.4) is 0 Å². The molecule has 0 aliphatic carbocycles. The topological polar surface area (TPSA) is 40.8 Å².